The number of benzene rings is 2. The smallest absolute Gasteiger partial charge is 0.340 e. The Balaban J connectivity index is 1.93. The lowest BCUT2D eigenvalue weighted by Gasteiger charge is -2.16. The van der Waals surface area contributed by atoms with E-state index in [2.05, 4.69) is 5.32 Å². The second kappa shape index (κ2) is 9.74. The number of rotatable bonds is 7. The molecule has 0 atom stereocenters. The van der Waals surface area contributed by atoms with Crippen LogP contribution in [0.4, 0.5) is 11.5 Å². The second-order valence-electron chi connectivity index (χ2n) is 8.34. The van der Waals surface area contributed by atoms with Crippen molar-refractivity contribution in [3.05, 3.63) is 68.4 Å². The number of Topliss-reactive ketones (excluding diaryl/α,β-unsaturated/α-hetero) is 1. The zero-order valence-electron chi connectivity index (χ0n) is 19.4. The van der Waals surface area contributed by atoms with Crippen LogP contribution in [-0.4, -0.2) is 33.4 Å². The summed E-state index contributed by atoms with van der Waals surface area (Å²) < 4.78 is 7.14. The van der Waals surface area contributed by atoms with Gasteiger partial charge in [-0.3, -0.25) is 23.5 Å². The molecule has 0 aliphatic carbocycles. The molecule has 0 saturated heterocycles. The Kier molecular flexibility index (Phi) is 7.00. The van der Waals surface area contributed by atoms with Crippen molar-refractivity contribution in [2.45, 2.75) is 27.3 Å². The molecule has 0 unspecified atom stereocenters. The Morgan fingerprint density at radius 2 is 1.71 bits per heavy atom. The van der Waals surface area contributed by atoms with E-state index in [4.69, 9.17) is 10.5 Å². The highest BCUT2D eigenvalue weighted by molar-refractivity contribution is 6.07. The van der Waals surface area contributed by atoms with E-state index < -0.39 is 35.2 Å². The number of nitrogen functional groups attached to an aromatic ring is 1. The van der Waals surface area contributed by atoms with Crippen molar-refractivity contribution >= 4 is 39.9 Å². The number of hydrogen-bond donors (Lipinski definition) is 2. The molecule has 1 aromatic heterocycles. The highest BCUT2D eigenvalue weighted by Crippen LogP contribution is 2.25. The van der Waals surface area contributed by atoms with Crippen molar-refractivity contribution in [1.82, 2.24) is 9.13 Å². The normalized spacial score (nSPS) is 11.0. The molecule has 3 aromatic rings. The molecular weight excluding hydrogens is 440 g/mol. The fourth-order valence-electron chi connectivity index (χ4n) is 3.57. The molecule has 2 aromatic carbocycles. The fraction of sp³-hybridized carbons (Fsp3) is 0.292. The number of ketones is 1. The molecule has 10 heteroatoms. The first-order valence-electron chi connectivity index (χ1n) is 10.6. The maximum absolute atomic E-state index is 12.8. The summed E-state index contributed by atoms with van der Waals surface area (Å²) in [6.45, 7) is 4.45. The summed E-state index contributed by atoms with van der Waals surface area (Å²) in [6, 6.07) is 10.4. The summed E-state index contributed by atoms with van der Waals surface area (Å²) in [7, 11) is 1.25. The Hall–Kier alpha value is -4.21. The molecule has 3 N–H and O–H groups in total. The summed E-state index contributed by atoms with van der Waals surface area (Å²) in [6.07, 6.45) is 0. The summed E-state index contributed by atoms with van der Waals surface area (Å²) >= 11 is 0. The summed E-state index contributed by atoms with van der Waals surface area (Å²) in [5.41, 5.74) is 4.35. The zero-order valence-corrected chi connectivity index (χ0v) is 19.4. The number of nitrogens with zero attached hydrogens (tertiary/aromatic N) is 2. The van der Waals surface area contributed by atoms with Crippen molar-refractivity contribution in [1.29, 1.82) is 0 Å². The van der Waals surface area contributed by atoms with Gasteiger partial charge in [0.05, 0.1) is 11.3 Å². The van der Waals surface area contributed by atoms with Gasteiger partial charge in [-0.1, -0.05) is 38.1 Å². The number of carbonyl (C=O) groups excluding carboxylic acids is 3. The maximum Gasteiger partial charge on any atom is 0.340 e. The number of esters is 1. The van der Waals surface area contributed by atoms with Gasteiger partial charge in [0.1, 0.15) is 11.4 Å². The number of hydrogen-bond acceptors (Lipinski definition) is 7. The van der Waals surface area contributed by atoms with Crippen molar-refractivity contribution in [2.75, 3.05) is 17.7 Å². The molecule has 0 saturated carbocycles. The Morgan fingerprint density at radius 3 is 2.29 bits per heavy atom. The summed E-state index contributed by atoms with van der Waals surface area (Å²) in [5, 5.41) is 4.11. The maximum atomic E-state index is 12.8. The molecule has 0 radical (unpaired) electrons. The van der Waals surface area contributed by atoms with E-state index in [9.17, 15) is 24.0 Å². The van der Waals surface area contributed by atoms with E-state index in [0.717, 1.165) is 19.9 Å². The van der Waals surface area contributed by atoms with Crippen LogP contribution < -0.4 is 22.3 Å². The first kappa shape index (κ1) is 24.4. The third-order valence-corrected chi connectivity index (χ3v) is 5.16. The topological polar surface area (TPSA) is 142 Å². The number of nitrogens with one attached hydrogen (secondary N) is 1. The number of aromatic nitrogens is 2. The van der Waals surface area contributed by atoms with Gasteiger partial charge in [-0.2, -0.15) is 0 Å². The first-order valence-corrected chi connectivity index (χ1v) is 10.6. The number of ether oxygens (including phenoxy) is 1. The molecule has 0 fully saturated rings. The van der Waals surface area contributed by atoms with Crippen LogP contribution in [0.2, 0.25) is 0 Å². The van der Waals surface area contributed by atoms with Crippen molar-refractivity contribution in [2.24, 2.45) is 13.0 Å². The second-order valence-corrected chi connectivity index (χ2v) is 8.34. The lowest BCUT2D eigenvalue weighted by molar-refractivity contribution is -0.114. The molecule has 0 bridgehead atoms. The number of amides is 1. The quantitative estimate of drug-likeness (QED) is 0.400. The molecule has 34 heavy (non-hydrogen) atoms. The lowest BCUT2D eigenvalue weighted by atomic mass is 10.0. The number of nitrogens with two attached hydrogens (primary N) is 1. The minimum atomic E-state index is -0.867. The summed E-state index contributed by atoms with van der Waals surface area (Å²) in [4.78, 5) is 62.3. The molecule has 10 nitrogen and oxygen atoms in total. The van der Waals surface area contributed by atoms with Gasteiger partial charge in [-0.05, 0) is 28.8 Å². The van der Waals surface area contributed by atoms with Crippen molar-refractivity contribution in [3.63, 3.8) is 0 Å². The third kappa shape index (κ3) is 4.90. The van der Waals surface area contributed by atoms with Gasteiger partial charge < -0.3 is 15.8 Å². The van der Waals surface area contributed by atoms with Gasteiger partial charge in [0.15, 0.2) is 6.61 Å². The van der Waals surface area contributed by atoms with Crippen molar-refractivity contribution < 1.29 is 19.1 Å². The largest absolute Gasteiger partial charge is 0.454 e. The van der Waals surface area contributed by atoms with Crippen LogP contribution in [0, 0.1) is 5.92 Å². The number of carbonyl (C=O) groups is 3. The van der Waals surface area contributed by atoms with Crippen molar-refractivity contribution in [3.8, 4) is 0 Å². The molecule has 1 heterocycles. The molecule has 0 aliphatic rings. The van der Waals surface area contributed by atoms with Gasteiger partial charge in [-0.15, -0.1) is 0 Å². The van der Waals surface area contributed by atoms with E-state index in [1.54, 1.807) is 24.3 Å². The molecule has 0 spiro atoms. The third-order valence-electron chi connectivity index (χ3n) is 5.16. The molecule has 3 rings (SSSR count). The van der Waals surface area contributed by atoms with E-state index in [1.807, 2.05) is 26.0 Å². The highest BCUT2D eigenvalue weighted by atomic mass is 16.5. The van der Waals surface area contributed by atoms with Gasteiger partial charge in [-0.25, -0.2) is 9.59 Å². The van der Waals surface area contributed by atoms with Gasteiger partial charge in [0, 0.05) is 20.5 Å². The molecule has 0 aliphatic heterocycles. The van der Waals surface area contributed by atoms with Gasteiger partial charge in [0.25, 0.3) is 5.56 Å². The number of fused-ring (bicyclic) bond motifs is 1. The van der Waals surface area contributed by atoms with Gasteiger partial charge in [0.2, 0.25) is 11.7 Å². The summed E-state index contributed by atoms with van der Waals surface area (Å²) in [5.74, 6) is -2.34. The SMILES string of the molecule is CC(=O)Nc1cc2ccccc2cc1C(=O)OCC(=O)c1c(N)n(CC(C)C)c(=O)n(C)c1=O. The zero-order chi connectivity index (χ0) is 25.2. The first-order chi connectivity index (χ1) is 16.0. The van der Waals surface area contributed by atoms with E-state index >= 15 is 0 Å². The average Bonchev–Trinajstić information content (AvgIpc) is 2.78. The van der Waals surface area contributed by atoms with Crippen LogP contribution in [0.1, 0.15) is 41.5 Å². The number of anilines is 2. The van der Waals surface area contributed by atoms with Gasteiger partial charge >= 0.3 is 11.7 Å². The van der Waals surface area contributed by atoms with E-state index in [1.165, 1.54) is 14.0 Å². The van der Waals surface area contributed by atoms with E-state index in [0.29, 0.717) is 0 Å². The highest BCUT2D eigenvalue weighted by Gasteiger charge is 2.24. The molecule has 178 valence electrons. The van der Waals surface area contributed by atoms with E-state index in [-0.39, 0.29) is 35.4 Å². The van der Waals surface area contributed by atoms with Crippen LogP contribution >= 0.6 is 0 Å². The molecule has 1 amide bonds. The standard InChI is InChI=1S/C24H26N4O6/c1-13(2)11-28-21(25)20(22(31)27(4)24(28)33)19(30)12-34-23(32)17-9-15-7-5-6-8-16(15)10-18(17)26-14(3)29/h5-10,13H,11-12,25H2,1-4H3,(H,26,29). The minimum Gasteiger partial charge on any atom is -0.454 e. The lowest BCUT2D eigenvalue weighted by Crippen LogP contribution is -2.43. The average molecular weight is 466 g/mol. The fourth-order valence-corrected chi connectivity index (χ4v) is 3.57. The minimum absolute atomic E-state index is 0.0263. The van der Waals surface area contributed by atoms with Crippen LogP contribution in [-0.2, 0) is 23.1 Å². The Bertz CT molecular complexity index is 1420. The predicted octanol–water partition coefficient (Wildman–Crippen LogP) is 1.94. The predicted molar refractivity (Wildman–Crippen MR) is 128 cm³/mol. The molecular formula is C24H26N4O6. The Labute approximate surface area is 194 Å². The van der Waals surface area contributed by atoms with Crippen LogP contribution in [0.5, 0.6) is 0 Å². The monoisotopic (exact) mass is 466 g/mol. The Morgan fingerprint density at radius 1 is 1.09 bits per heavy atom. The van der Waals surface area contributed by atoms with Crippen LogP contribution in [0.15, 0.2) is 46.0 Å². The van der Waals surface area contributed by atoms with Crippen LogP contribution in [0.3, 0.4) is 0 Å². The van der Waals surface area contributed by atoms with Crippen LogP contribution in [0.25, 0.3) is 10.8 Å².